The second-order valence-electron chi connectivity index (χ2n) is 2.93. The minimum Gasteiger partial charge on any atom is -0.330 e. The third-order valence-electron chi connectivity index (χ3n) is 1.58. The molecule has 0 atom stereocenters. The van der Waals surface area contributed by atoms with Crippen molar-refractivity contribution in [2.75, 3.05) is 6.54 Å². The predicted molar refractivity (Wildman–Crippen MR) is 42.3 cm³/mol. The topological polar surface area (TPSA) is 3.24 Å². The Morgan fingerprint density at radius 2 is 1.40 bits per heavy atom. The van der Waals surface area contributed by atoms with Gasteiger partial charge < -0.3 is 11.8 Å². The number of hydrogen-bond donors (Lipinski definition) is 0. The molecule has 0 aliphatic rings. The minimum atomic E-state index is 0. The van der Waals surface area contributed by atoms with Gasteiger partial charge in [-0.2, -0.15) is 0 Å². The van der Waals surface area contributed by atoms with Gasteiger partial charge in [-0.3, -0.25) is 0 Å². The van der Waals surface area contributed by atoms with Gasteiger partial charge in [-0.05, 0) is 27.7 Å². The maximum absolute atomic E-state index is 3.85. The summed E-state index contributed by atoms with van der Waals surface area (Å²) in [6.45, 7) is 13.6. The molecule has 1 nitrogen and oxygen atoms in total. The SMILES string of the molecule is [CH2-]CN(C(C)C)C(C)C.[Hf]. The Labute approximate surface area is 84.0 Å². The molecule has 0 aromatic carbocycles. The summed E-state index contributed by atoms with van der Waals surface area (Å²) in [7, 11) is 0. The molecule has 0 aromatic rings. The average Bonchev–Trinajstić information content (AvgIpc) is 1.64. The summed E-state index contributed by atoms with van der Waals surface area (Å²) in [6.07, 6.45) is 0. The standard InChI is InChI=1S/C8H18N.Hf/c1-6-9(7(2)3)8(4)5;/h7-8H,1,6H2,2-5H3;/q-1;. The molecule has 0 saturated heterocycles. The third-order valence-corrected chi connectivity index (χ3v) is 1.58. The van der Waals surface area contributed by atoms with Crippen LogP contribution in [0.15, 0.2) is 0 Å². The summed E-state index contributed by atoms with van der Waals surface area (Å²) in [4.78, 5) is 2.35. The maximum atomic E-state index is 3.85. The van der Waals surface area contributed by atoms with Gasteiger partial charge in [0.25, 0.3) is 0 Å². The first-order valence-corrected chi connectivity index (χ1v) is 3.64. The summed E-state index contributed by atoms with van der Waals surface area (Å²) in [5.74, 6) is 0. The molecule has 60 valence electrons. The van der Waals surface area contributed by atoms with E-state index in [2.05, 4.69) is 39.5 Å². The van der Waals surface area contributed by atoms with Crippen molar-refractivity contribution in [2.24, 2.45) is 0 Å². The molecular formula is C8H18HfN-. The van der Waals surface area contributed by atoms with E-state index in [1.165, 1.54) is 0 Å². The van der Waals surface area contributed by atoms with Crippen molar-refractivity contribution in [1.82, 2.24) is 4.90 Å². The summed E-state index contributed by atoms with van der Waals surface area (Å²) in [5.41, 5.74) is 0. The Kier molecular flexibility index (Phi) is 8.77. The van der Waals surface area contributed by atoms with Crippen LogP contribution < -0.4 is 0 Å². The molecule has 0 N–H and O–H groups in total. The van der Waals surface area contributed by atoms with Crippen molar-refractivity contribution in [3.8, 4) is 0 Å². The van der Waals surface area contributed by atoms with E-state index in [0.29, 0.717) is 12.1 Å². The van der Waals surface area contributed by atoms with E-state index >= 15 is 0 Å². The Balaban J connectivity index is 0. The number of nitrogens with zero attached hydrogens (tertiary/aromatic N) is 1. The molecule has 2 heteroatoms. The molecule has 10 heavy (non-hydrogen) atoms. The van der Waals surface area contributed by atoms with Gasteiger partial charge in [-0.1, -0.05) is 0 Å². The molecule has 0 radical (unpaired) electrons. The van der Waals surface area contributed by atoms with Crippen LogP contribution >= 0.6 is 0 Å². The first-order chi connectivity index (χ1) is 4.09. The number of rotatable bonds is 3. The number of hydrogen-bond acceptors (Lipinski definition) is 1. The van der Waals surface area contributed by atoms with Crippen LogP contribution in [0.25, 0.3) is 0 Å². The molecule has 0 heterocycles. The zero-order chi connectivity index (χ0) is 7.44. The van der Waals surface area contributed by atoms with E-state index < -0.39 is 0 Å². The molecule has 0 spiro atoms. The molecule has 0 fully saturated rings. The van der Waals surface area contributed by atoms with E-state index in [9.17, 15) is 0 Å². The maximum Gasteiger partial charge on any atom is 0.00127 e. The second kappa shape index (κ2) is 6.53. The quantitative estimate of drug-likeness (QED) is 0.569. The Bertz CT molecular complexity index is 63.7. The Morgan fingerprint density at radius 1 is 1.10 bits per heavy atom. The normalized spacial score (nSPS) is 10.8. The van der Waals surface area contributed by atoms with Gasteiger partial charge >= 0.3 is 0 Å². The Morgan fingerprint density at radius 3 is 1.40 bits per heavy atom. The van der Waals surface area contributed by atoms with Crippen LogP contribution in [0.2, 0.25) is 0 Å². The molecule has 0 bridgehead atoms. The molecule has 0 saturated carbocycles. The molecule has 0 unspecified atom stereocenters. The van der Waals surface area contributed by atoms with Crippen LogP contribution in [0, 0.1) is 6.92 Å². The summed E-state index contributed by atoms with van der Waals surface area (Å²) >= 11 is 0. The van der Waals surface area contributed by atoms with Crippen molar-refractivity contribution >= 4 is 0 Å². The molecular weight excluding hydrogens is 289 g/mol. The van der Waals surface area contributed by atoms with Gasteiger partial charge in [0.2, 0.25) is 0 Å². The minimum absolute atomic E-state index is 0. The smallest absolute Gasteiger partial charge is 0.00127 e. The van der Waals surface area contributed by atoms with Crippen LogP contribution in [0.1, 0.15) is 27.7 Å². The summed E-state index contributed by atoms with van der Waals surface area (Å²) in [5, 5.41) is 0. The van der Waals surface area contributed by atoms with Crippen LogP contribution in [-0.4, -0.2) is 23.5 Å². The van der Waals surface area contributed by atoms with Crippen molar-refractivity contribution in [3.05, 3.63) is 6.92 Å². The molecule has 0 aliphatic carbocycles. The van der Waals surface area contributed by atoms with Crippen molar-refractivity contribution < 1.29 is 25.8 Å². The Hall–Kier alpha value is 0.830. The summed E-state index contributed by atoms with van der Waals surface area (Å²) < 4.78 is 0. The zero-order valence-electron chi connectivity index (χ0n) is 7.52. The van der Waals surface area contributed by atoms with Crippen molar-refractivity contribution in [2.45, 2.75) is 39.8 Å². The molecule has 0 rings (SSSR count). The first kappa shape index (κ1) is 13.4. The average molecular weight is 307 g/mol. The van der Waals surface area contributed by atoms with Gasteiger partial charge in [0.05, 0.1) is 0 Å². The van der Waals surface area contributed by atoms with Crippen LogP contribution in [0.3, 0.4) is 0 Å². The predicted octanol–water partition coefficient (Wildman–Crippen LogP) is 1.94. The van der Waals surface area contributed by atoms with Gasteiger partial charge in [-0.25, -0.2) is 0 Å². The van der Waals surface area contributed by atoms with Crippen molar-refractivity contribution in [3.63, 3.8) is 0 Å². The zero-order valence-corrected chi connectivity index (χ0v) is 11.1. The van der Waals surface area contributed by atoms with Gasteiger partial charge in [0, 0.05) is 37.9 Å². The fourth-order valence-corrected chi connectivity index (χ4v) is 1.11. The van der Waals surface area contributed by atoms with E-state index in [-0.39, 0.29) is 25.8 Å². The van der Waals surface area contributed by atoms with Gasteiger partial charge in [0.1, 0.15) is 0 Å². The molecule has 0 aromatic heterocycles. The van der Waals surface area contributed by atoms with Gasteiger partial charge in [-0.15, -0.1) is 6.54 Å². The van der Waals surface area contributed by atoms with E-state index in [4.69, 9.17) is 0 Å². The fourth-order valence-electron chi connectivity index (χ4n) is 1.11. The summed E-state index contributed by atoms with van der Waals surface area (Å²) in [6, 6.07) is 1.25. The second-order valence-corrected chi connectivity index (χ2v) is 2.93. The molecule has 0 amide bonds. The van der Waals surface area contributed by atoms with E-state index in [1.807, 2.05) is 0 Å². The molecule has 0 aliphatic heterocycles. The third kappa shape index (κ3) is 4.62. The van der Waals surface area contributed by atoms with Crippen LogP contribution in [-0.2, 0) is 25.8 Å². The first-order valence-electron chi connectivity index (χ1n) is 3.64. The van der Waals surface area contributed by atoms with Crippen LogP contribution in [0.5, 0.6) is 0 Å². The van der Waals surface area contributed by atoms with E-state index in [0.717, 1.165) is 6.54 Å². The van der Waals surface area contributed by atoms with Gasteiger partial charge in [0.15, 0.2) is 0 Å². The fraction of sp³-hybridized carbons (Fsp3) is 0.875. The monoisotopic (exact) mass is 308 g/mol. The largest absolute Gasteiger partial charge is 0.330 e. The van der Waals surface area contributed by atoms with E-state index in [1.54, 1.807) is 0 Å². The van der Waals surface area contributed by atoms with Crippen LogP contribution in [0.4, 0.5) is 0 Å². The van der Waals surface area contributed by atoms with Crippen molar-refractivity contribution in [1.29, 1.82) is 0 Å².